The topological polar surface area (TPSA) is 38.3 Å². The first-order valence-electron chi connectivity index (χ1n) is 6.64. The van der Waals surface area contributed by atoms with Gasteiger partial charge in [0.25, 0.3) is 0 Å². The molecule has 108 valence electrons. The molecule has 0 heterocycles. The minimum atomic E-state index is -0.448. The van der Waals surface area contributed by atoms with Crippen LogP contribution >= 0.6 is 11.8 Å². The molecule has 0 aliphatic heterocycles. The Kier molecular flexibility index (Phi) is 5.53. The second-order valence-electron chi connectivity index (χ2n) is 5.97. The van der Waals surface area contributed by atoms with Gasteiger partial charge in [0.05, 0.1) is 0 Å². The zero-order valence-electron chi connectivity index (χ0n) is 12.6. The summed E-state index contributed by atoms with van der Waals surface area (Å²) in [6, 6.07) is 0.150. The highest BCUT2D eigenvalue weighted by atomic mass is 32.2. The minimum absolute atomic E-state index is 0.150. The summed E-state index contributed by atoms with van der Waals surface area (Å²) < 4.78 is 5.30. The number of alkyl carbamates (subject to hydrolysis) is 1. The monoisotopic (exact) mass is 283 g/mol. The van der Waals surface area contributed by atoms with Crippen molar-refractivity contribution < 1.29 is 9.53 Å². The van der Waals surface area contributed by atoms with Gasteiger partial charge in [-0.1, -0.05) is 12.2 Å². The van der Waals surface area contributed by atoms with Crippen LogP contribution in [0.4, 0.5) is 4.79 Å². The van der Waals surface area contributed by atoms with E-state index in [9.17, 15) is 4.79 Å². The summed E-state index contributed by atoms with van der Waals surface area (Å²) in [5, 5.41) is 2.96. The van der Waals surface area contributed by atoms with Gasteiger partial charge in [-0.15, -0.1) is 11.8 Å². The van der Waals surface area contributed by atoms with Crippen LogP contribution in [0.25, 0.3) is 0 Å². The van der Waals surface area contributed by atoms with E-state index in [1.165, 1.54) is 10.5 Å². The van der Waals surface area contributed by atoms with E-state index in [1.54, 1.807) is 11.8 Å². The van der Waals surface area contributed by atoms with Gasteiger partial charge in [-0.25, -0.2) is 4.79 Å². The number of thioether (sulfide) groups is 1. The van der Waals surface area contributed by atoms with Gasteiger partial charge in [0.15, 0.2) is 0 Å². The molecule has 0 saturated heterocycles. The fourth-order valence-corrected chi connectivity index (χ4v) is 2.98. The van der Waals surface area contributed by atoms with Crippen LogP contribution in [-0.4, -0.2) is 24.0 Å². The van der Waals surface area contributed by atoms with Crippen molar-refractivity contribution in [2.75, 3.05) is 6.26 Å². The molecule has 0 aromatic heterocycles. The smallest absolute Gasteiger partial charge is 0.407 e. The van der Waals surface area contributed by atoms with Crippen molar-refractivity contribution in [1.82, 2.24) is 5.32 Å². The number of carbonyl (C=O) groups is 1. The standard InChI is InChI=1S/C15H25NO2S/c1-10(2)12-9-11(7-8-13(12)19-6)16-14(17)18-15(3,4)5/h11H,1,7-9H2,2-6H3,(H,16,17). The molecule has 19 heavy (non-hydrogen) atoms. The third-order valence-electron chi connectivity index (χ3n) is 2.99. The minimum Gasteiger partial charge on any atom is -0.444 e. The number of nitrogens with one attached hydrogen (secondary N) is 1. The Morgan fingerprint density at radius 3 is 2.58 bits per heavy atom. The molecule has 1 amide bonds. The van der Waals surface area contributed by atoms with Crippen molar-refractivity contribution in [3.63, 3.8) is 0 Å². The molecule has 0 aromatic carbocycles. The lowest BCUT2D eigenvalue weighted by molar-refractivity contribution is 0.0501. The lowest BCUT2D eigenvalue weighted by Gasteiger charge is -2.29. The van der Waals surface area contributed by atoms with Gasteiger partial charge >= 0.3 is 6.09 Å². The molecular formula is C15H25NO2S. The SMILES string of the molecule is C=C(C)C1=C(SC)CCC(NC(=O)OC(C)(C)C)C1. The van der Waals surface area contributed by atoms with Crippen molar-refractivity contribution in [3.05, 3.63) is 22.6 Å². The van der Waals surface area contributed by atoms with Gasteiger partial charge in [0.2, 0.25) is 0 Å². The molecule has 4 heteroatoms. The Bertz CT molecular complexity index is 393. The molecule has 0 spiro atoms. The Balaban J connectivity index is 2.62. The summed E-state index contributed by atoms with van der Waals surface area (Å²) in [4.78, 5) is 13.2. The number of allylic oxidation sites excluding steroid dienone is 2. The van der Waals surface area contributed by atoms with E-state index < -0.39 is 5.60 Å². The highest BCUT2D eigenvalue weighted by molar-refractivity contribution is 8.02. The molecular weight excluding hydrogens is 258 g/mol. The molecule has 1 atom stereocenters. The Morgan fingerprint density at radius 2 is 2.11 bits per heavy atom. The fourth-order valence-electron chi connectivity index (χ4n) is 2.15. The van der Waals surface area contributed by atoms with Gasteiger partial charge in [0.1, 0.15) is 5.60 Å². The lowest BCUT2D eigenvalue weighted by atomic mass is 9.91. The highest BCUT2D eigenvalue weighted by Gasteiger charge is 2.24. The van der Waals surface area contributed by atoms with Crippen LogP contribution in [0.2, 0.25) is 0 Å². The maximum absolute atomic E-state index is 11.8. The zero-order chi connectivity index (χ0) is 14.6. The van der Waals surface area contributed by atoms with Crippen LogP contribution in [0.15, 0.2) is 22.6 Å². The summed E-state index contributed by atoms with van der Waals surface area (Å²) in [6.07, 6.45) is 4.59. The number of hydrogen-bond acceptors (Lipinski definition) is 3. The van der Waals surface area contributed by atoms with E-state index in [0.29, 0.717) is 0 Å². The van der Waals surface area contributed by atoms with Crippen molar-refractivity contribution >= 4 is 17.9 Å². The van der Waals surface area contributed by atoms with Gasteiger partial charge in [-0.3, -0.25) is 0 Å². The van der Waals surface area contributed by atoms with E-state index in [0.717, 1.165) is 24.8 Å². The number of carbonyl (C=O) groups excluding carboxylic acids is 1. The van der Waals surface area contributed by atoms with Crippen LogP contribution in [0, 0.1) is 0 Å². The molecule has 1 rings (SSSR count). The Labute approximate surface area is 120 Å². The maximum atomic E-state index is 11.8. The molecule has 0 saturated carbocycles. The molecule has 1 N–H and O–H groups in total. The van der Waals surface area contributed by atoms with Gasteiger partial charge < -0.3 is 10.1 Å². The number of amides is 1. The van der Waals surface area contributed by atoms with E-state index in [4.69, 9.17) is 4.74 Å². The summed E-state index contributed by atoms with van der Waals surface area (Å²) >= 11 is 1.79. The first-order chi connectivity index (χ1) is 8.73. The van der Waals surface area contributed by atoms with Crippen molar-refractivity contribution in [1.29, 1.82) is 0 Å². The van der Waals surface area contributed by atoms with Gasteiger partial charge in [-0.05, 0) is 63.7 Å². The second kappa shape index (κ2) is 6.51. The summed E-state index contributed by atoms with van der Waals surface area (Å²) in [5.41, 5.74) is 1.94. The predicted molar refractivity (Wildman–Crippen MR) is 82.4 cm³/mol. The fraction of sp³-hybridized carbons (Fsp3) is 0.667. The number of rotatable bonds is 3. The first kappa shape index (κ1) is 16.2. The summed E-state index contributed by atoms with van der Waals surface area (Å²) in [6.45, 7) is 11.7. The van der Waals surface area contributed by atoms with Gasteiger partial charge in [-0.2, -0.15) is 0 Å². The van der Waals surface area contributed by atoms with Crippen molar-refractivity contribution in [2.24, 2.45) is 0 Å². The average Bonchev–Trinajstić information content (AvgIpc) is 2.26. The summed E-state index contributed by atoms with van der Waals surface area (Å²) in [7, 11) is 0. The Morgan fingerprint density at radius 1 is 1.47 bits per heavy atom. The van der Waals surface area contributed by atoms with E-state index in [2.05, 4.69) is 18.2 Å². The van der Waals surface area contributed by atoms with Crippen LogP contribution in [-0.2, 0) is 4.74 Å². The van der Waals surface area contributed by atoms with Crippen LogP contribution in [0.1, 0.15) is 47.0 Å². The third-order valence-corrected chi connectivity index (χ3v) is 3.93. The first-order valence-corrected chi connectivity index (χ1v) is 7.87. The van der Waals surface area contributed by atoms with Crippen LogP contribution in [0.3, 0.4) is 0 Å². The van der Waals surface area contributed by atoms with Gasteiger partial charge in [0, 0.05) is 6.04 Å². The van der Waals surface area contributed by atoms with Crippen LogP contribution < -0.4 is 5.32 Å². The molecule has 0 fully saturated rings. The molecule has 3 nitrogen and oxygen atoms in total. The van der Waals surface area contributed by atoms with E-state index in [1.807, 2.05) is 27.7 Å². The average molecular weight is 283 g/mol. The van der Waals surface area contributed by atoms with Crippen LogP contribution in [0.5, 0.6) is 0 Å². The van der Waals surface area contributed by atoms with Crippen molar-refractivity contribution in [2.45, 2.75) is 58.6 Å². The maximum Gasteiger partial charge on any atom is 0.407 e. The molecule has 0 bridgehead atoms. The lowest BCUT2D eigenvalue weighted by Crippen LogP contribution is -2.40. The second-order valence-corrected chi connectivity index (χ2v) is 6.87. The molecule has 1 unspecified atom stereocenters. The third kappa shape index (κ3) is 5.31. The predicted octanol–water partition coefficient (Wildman–Crippen LogP) is 4.26. The van der Waals surface area contributed by atoms with E-state index in [-0.39, 0.29) is 12.1 Å². The Hall–Kier alpha value is -0.900. The normalized spacial score (nSPS) is 20.2. The molecule has 1 aliphatic rings. The largest absolute Gasteiger partial charge is 0.444 e. The molecule has 1 aliphatic carbocycles. The highest BCUT2D eigenvalue weighted by Crippen LogP contribution is 2.34. The van der Waals surface area contributed by atoms with Crippen molar-refractivity contribution in [3.8, 4) is 0 Å². The number of hydrogen-bond donors (Lipinski definition) is 1. The summed E-state index contributed by atoms with van der Waals surface area (Å²) in [5.74, 6) is 0. The molecule has 0 aromatic rings. The zero-order valence-corrected chi connectivity index (χ0v) is 13.4. The number of ether oxygens (including phenoxy) is 1. The van der Waals surface area contributed by atoms with E-state index >= 15 is 0 Å². The molecule has 0 radical (unpaired) electrons. The quantitative estimate of drug-likeness (QED) is 0.841.